The number of likely N-dealkylation sites (N-methyl/N-ethyl adjacent to an activating group) is 1. The number of piperazine rings is 1. The first kappa shape index (κ1) is 25.0. The van der Waals surface area contributed by atoms with Crippen LogP contribution in [-0.2, 0) is 19.5 Å². The second-order valence-electron chi connectivity index (χ2n) is 7.63. The molecule has 166 valence electrons. The van der Waals surface area contributed by atoms with Gasteiger partial charge in [0.2, 0.25) is 0 Å². The highest BCUT2D eigenvalue weighted by Crippen LogP contribution is 2.12. The number of halogens is 1. The summed E-state index contributed by atoms with van der Waals surface area (Å²) in [5.41, 5.74) is 2.62. The number of nitrogens with one attached hydrogen (secondary N) is 2. The van der Waals surface area contributed by atoms with Crippen molar-refractivity contribution in [2.75, 3.05) is 46.3 Å². The van der Waals surface area contributed by atoms with E-state index in [1.54, 1.807) is 11.3 Å². The molecule has 1 aromatic heterocycles. The standard InChI is InChI=1S/C22H34N6S.HI/c1-4-23-22(24-10-9-21-25-15-18(2)29-21)26-16-19-5-7-20(8-6-19)17-28-13-11-27(3)12-14-28;/h5-8,15H,4,9-14,16-17H2,1-3H3,(H2,23,24,26);1H. The SMILES string of the molecule is CCNC(=NCc1ccc(CN2CCN(C)CC2)cc1)NCCc1ncc(C)s1.I. The average molecular weight is 543 g/mol. The first-order valence-corrected chi connectivity index (χ1v) is 11.4. The quantitative estimate of drug-likeness (QED) is 0.305. The Balaban J connectivity index is 0.00000320. The van der Waals surface area contributed by atoms with Gasteiger partial charge in [-0.2, -0.15) is 0 Å². The molecule has 2 aromatic rings. The Labute approximate surface area is 202 Å². The minimum absolute atomic E-state index is 0. The van der Waals surface area contributed by atoms with Gasteiger partial charge in [0.05, 0.1) is 11.6 Å². The smallest absolute Gasteiger partial charge is 0.191 e. The summed E-state index contributed by atoms with van der Waals surface area (Å²) in [6.07, 6.45) is 2.86. The number of thiazole rings is 1. The summed E-state index contributed by atoms with van der Waals surface area (Å²) in [5.74, 6) is 0.863. The molecular formula is C22H35IN6S. The van der Waals surface area contributed by atoms with E-state index < -0.39 is 0 Å². The lowest BCUT2D eigenvalue weighted by Gasteiger charge is -2.32. The minimum atomic E-state index is 0. The Hall–Kier alpha value is -1.23. The van der Waals surface area contributed by atoms with Gasteiger partial charge in [0.1, 0.15) is 0 Å². The summed E-state index contributed by atoms with van der Waals surface area (Å²) in [6.45, 7) is 12.2. The van der Waals surface area contributed by atoms with Crippen molar-refractivity contribution in [2.45, 2.75) is 33.4 Å². The van der Waals surface area contributed by atoms with E-state index >= 15 is 0 Å². The van der Waals surface area contributed by atoms with Crippen LogP contribution in [0.15, 0.2) is 35.5 Å². The van der Waals surface area contributed by atoms with Crippen molar-refractivity contribution in [2.24, 2.45) is 4.99 Å². The number of nitrogens with zero attached hydrogens (tertiary/aromatic N) is 4. The fourth-order valence-corrected chi connectivity index (χ4v) is 4.12. The third kappa shape index (κ3) is 8.49. The van der Waals surface area contributed by atoms with Crippen molar-refractivity contribution in [3.63, 3.8) is 0 Å². The van der Waals surface area contributed by atoms with Gasteiger partial charge in [0.15, 0.2) is 5.96 Å². The maximum Gasteiger partial charge on any atom is 0.191 e. The average Bonchev–Trinajstić information content (AvgIpc) is 3.14. The zero-order valence-corrected chi connectivity index (χ0v) is 21.5. The lowest BCUT2D eigenvalue weighted by molar-refractivity contribution is 0.148. The van der Waals surface area contributed by atoms with E-state index in [2.05, 4.69) is 70.6 Å². The predicted molar refractivity (Wildman–Crippen MR) is 138 cm³/mol. The van der Waals surface area contributed by atoms with Crippen LogP contribution in [0.4, 0.5) is 0 Å². The van der Waals surface area contributed by atoms with E-state index in [9.17, 15) is 0 Å². The summed E-state index contributed by atoms with van der Waals surface area (Å²) in [5, 5.41) is 7.91. The zero-order valence-electron chi connectivity index (χ0n) is 18.4. The Morgan fingerprint density at radius 1 is 1.10 bits per heavy atom. The first-order chi connectivity index (χ1) is 14.1. The summed E-state index contributed by atoms with van der Waals surface area (Å²) in [6, 6.07) is 8.90. The lowest BCUT2D eigenvalue weighted by Crippen LogP contribution is -2.43. The molecule has 1 aliphatic heterocycles. The molecule has 6 nitrogen and oxygen atoms in total. The fraction of sp³-hybridized carbons (Fsp3) is 0.545. The van der Waals surface area contributed by atoms with Crippen molar-refractivity contribution in [3.05, 3.63) is 51.5 Å². The lowest BCUT2D eigenvalue weighted by atomic mass is 10.1. The van der Waals surface area contributed by atoms with Crippen LogP contribution < -0.4 is 10.6 Å². The topological polar surface area (TPSA) is 55.8 Å². The van der Waals surface area contributed by atoms with E-state index in [0.29, 0.717) is 6.54 Å². The minimum Gasteiger partial charge on any atom is -0.357 e. The molecule has 1 aromatic carbocycles. The molecule has 0 saturated carbocycles. The molecule has 0 unspecified atom stereocenters. The third-order valence-corrected chi connectivity index (χ3v) is 6.06. The number of aryl methyl sites for hydroxylation is 1. The van der Waals surface area contributed by atoms with Crippen LogP contribution in [0.2, 0.25) is 0 Å². The molecule has 8 heteroatoms. The molecule has 0 bridgehead atoms. The molecule has 3 rings (SSSR count). The highest BCUT2D eigenvalue weighted by atomic mass is 127. The maximum absolute atomic E-state index is 4.74. The van der Waals surface area contributed by atoms with Gasteiger partial charge in [-0.3, -0.25) is 4.90 Å². The van der Waals surface area contributed by atoms with Crippen LogP contribution in [0.3, 0.4) is 0 Å². The first-order valence-electron chi connectivity index (χ1n) is 10.5. The van der Waals surface area contributed by atoms with Gasteiger partial charge in [-0.15, -0.1) is 35.3 Å². The monoisotopic (exact) mass is 542 g/mol. The Morgan fingerprint density at radius 3 is 2.43 bits per heavy atom. The second kappa shape index (κ2) is 13.2. The summed E-state index contributed by atoms with van der Waals surface area (Å²) in [4.78, 5) is 15.3. The molecule has 2 N–H and O–H groups in total. The molecule has 0 radical (unpaired) electrons. The van der Waals surface area contributed by atoms with E-state index in [0.717, 1.165) is 58.2 Å². The van der Waals surface area contributed by atoms with E-state index in [-0.39, 0.29) is 24.0 Å². The molecule has 0 atom stereocenters. The molecule has 1 saturated heterocycles. The molecular weight excluding hydrogens is 507 g/mol. The van der Waals surface area contributed by atoms with Gasteiger partial charge in [-0.1, -0.05) is 24.3 Å². The predicted octanol–water partition coefficient (Wildman–Crippen LogP) is 3.11. The summed E-state index contributed by atoms with van der Waals surface area (Å²) in [7, 11) is 2.20. The van der Waals surface area contributed by atoms with Crippen molar-refractivity contribution in [1.82, 2.24) is 25.4 Å². The van der Waals surface area contributed by atoms with Crippen LogP contribution in [0, 0.1) is 6.92 Å². The highest BCUT2D eigenvalue weighted by molar-refractivity contribution is 14.0. The summed E-state index contributed by atoms with van der Waals surface area (Å²) >= 11 is 1.76. The number of aromatic nitrogens is 1. The third-order valence-electron chi connectivity index (χ3n) is 5.09. The van der Waals surface area contributed by atoms with E-state index in [4.69, 9.17) is 4.99 Å². The van der Waals surface area contributed by atoms with Crippen LogP contribution in [0.25, 0.3) is 0 Å². The molecule has 0 aliphatic carbocycles. The van der Waals surface area contributed by atoms with Crippen molar-refractivity contribution in [3.8, 4) is 0 Å². The number of hydrogen-bond acceptors (Lipinski definition) is 5. The Morgan fingerprint density at radius 2 is 1.80 bits per heavy atom. The van der Waals surface area contributed by atoms with Crippen LogP contribution in [-0.4, -0.2) is 67.1 Å². The number of hydrogen-bond donors (Lipinski definition) is 2. The van der Waals surface area contributed by atoms with Gasteiger partial charge in [-0.05, 0) is 32.0 Å². The number of benzene rings is 1. The molecule has 2 heterocycles. The number of guanidine groups is 1. The van der Waals surface area contributed by atoms with Crippen molar-refractivity contribution in [1.29, 1.82) is 0 Å². The zero-order chi connectivity index (χ0) is 20.5. The molecule has 0 spiro atoms. The Kier molecular flexibility index (Phi) is 11.0. The van der Waals surface area contributed by atoms with Gasteiger partial charge in [0.25, 0.3) is 0 Å². The number of rotatable bonds is 8. The van der Waals surface area contributed by atoms with Gasteiger partial charge in [-0.25, -0.2) is 9.98 Å². The van der Waals surface area contributed by atoms with E-state index in [1.807, 2.05) is 6.20 Å². The maximum atomic E-state index is 4.74. The fourth-order valence-electron chi connectivity index (χ4n) is 3.33. The van der Waals surface area contributed by atoms with E-state index in [1.165, 1.54) is 21.0 Å². The highest BCUT2D eigenvalue weighted by Gasteiger charge is 2.13. The number of aliphatic imine (C=N–C) groups is 1. The second-order valence-corrected chi connectivity index (χ2v) is 8.95. The van der Waals surface area contributed by atoms with Gasteiger partial charge < -0.3 is 15.5 Å². The van der Waals surface area contributed by atoms with Crippen LogP contribution >= 0.6 is 35.3 Å². The van der Waals surface area contributed by atoms with Crippen LogP contribution in [0.5, 0.6) is 0 Å². The van der Waals surface area contributed by atoms with Crippen LogP contribution in [0.1, 0.15) is 27.9 Å². The van der Waals surface area contributed by atoms with Gasteiger partial charge in [0, 0.05) is 63.3 Å². The summed E-state index contributed by atoms with van der Waals surface area (Å²) < 4.78 is 0. The van der Waals surface area contributed by atoms with Gasteiger partial charge >= 0.3 is 0 Å². The Bertz CT molecular complexity index is 768. The molecule has 0 amide bonds. The normalized spacial score (nSPS) is 15.6. The van der Waals surface area contributed by atoms with Crippen molar-refractivity contribution < 1.29 is 0 Å². The largest absolute Gasteiger partial charge is 0.357 e. The molecule has 1 aliphatic rings. The molecule has 1 fully saturated rings. The molecule has 30 heavy (non-hydrogen) atoms. The van der Waals surface area contributed by atoms with Crippen molar-refractivity contribution >= 4 is 41.3 Å².